The topological polar surface area (TPSA) is 69.6 Å². The van der Waals surface area contributed by atoms with Crippen molar-refractivity contribution in [3.05, 3.63) is 41.5 Å². The first-order valence-corrected chi connectivity index (χ1v) is 11.7. The van der Waals surface area contributed by atoms with Gasteiger partial charge in [0.2, 0.25) is 6.79 Å². The summed E-state index contributed by atoms with van der Waals surface area (Å²) in [5.74, 6) is 10.0. The molecule has 0 atom stereocenters. The van der Waals surface area contributed by atoms with E-state index in [0.717, 1.165) is 54.6 Å². The summed E-state index contributed by atoms with van der Waals surface area (Å²) in [6.07, 6.45) is 3.60. The maximum atomic E-state index is 11.1. The average molecular weight is 468 g/mol. The number of methoxy groups -OCH3 is 2. The Bertz CT molecular complexity index is 1020. The number of ether oxygens (including phenoxy) is 5. The van der Waals surface area contributed by atoms with Gasteiger partial charge in [-0.1, -0.05) is 11.8 Å². The third-order valence-electron chi connectivity index (χ3n) is 6.29. The Balaban J connectivity index is 1.22. The summed E-state index contributed by atoms with van der Waals surface area (Å²) in [6, 6.07) is 9.65. The van der Waals surface area contributed by atoms with Gasteiger partial charge in [0.15, 0.2) is 23.0 Å². The molecule has 2 aromatic rings. The molecule has 0 unspecified atom stereocenters. The Hall–Kier alpha value is -3.08. The molecule has 0 bridgehead atoms. The van der Waals surface area contributed by atoms with Gasteiger partial charge in [-0.25, -0.2) is 0 Å². The monoisotopic (exact) mass is 467 g/mol. The van der Waals surface area contributed by atoms with Crippen LogP contribution in [0.15, 0.2) is 30.3 Å². The first-order valence-electron chi connectivity index (χ1n) is 11.7. The molecule has 0 saturated heterocycles. The highest BCUT2D eigenvalue weighted by molar-refractivity contribution is 5.48. The Kier molecular flexibility index (Phi) is 7.71. The fraction of sp³-hybridized carbons (Fsp3) is 0.481. The van der Waals surface area contributed by atoms with E-state index in [9.17, 15) is 5.11 Å². The minimum atomic E-state index is -0.983. The standard InChI is InChI=1S/C27H33NO6/c1-28(14-5-15-32-22-6-7-23-26(18-22)34-19-33-23)13-4-10-27(29)11-8-20-16-24(30-2)25(31-3)17-21(20)9-12-27/h6-7,16-18,29H,5,8-9,11-15,19H2,1-3H3. The fourth-order valence-corrected chi connectivity index (χ4v) is 4.27. The van der Waals surface area contributed by atoms with Gasteiger partial charge in [-0.3, -0.25) is 4.90 Å². The molecule has 7 nitrogen and oxygen atoms in total. The summed E-state index contributed by atoms with van der Waals surface area (Å²) in [5, 5.41) is 11.1. The van der Waals surface area contributed by atoms with Crippen LogP contribution in [0.3, 0.4) is 0 Å². The number of hydrogen-bond donors (Lipinski definition) is 1. The van der Waals surface area contributed by atoms with Gasteiger partial charge < -0.3 is 28.8 Å². The third-order valence-corrected chi connectivity index (χ3v) is 6.29. The van der Waals surface area contributed by atoms with Crippen LogP contribution in [0.25, 0.3) is 0 Å². The molecule has 7 heteroatoms. The van der Waals surface area contributed by atoms with Gasteiger partial charge in [0.25, 0.3) is 0 Å². The van der Waals surface area contributed by atoms with E-state index >= 15 is 0 Å². The highest BCUT2D eigenvalue weighted by atomic mass is 16.7. The Morgan fingerprint density at radius 2 is 1.68 bits per heavy atom. The first-order chi connectivity index (χ1) is 16.5. The number of fused-ring (bicyclic) bond motifs is 2. The van der Waals surface area contributed by atoms with Crippen molar-refractivity contribution in [2.24, 2.45) is 0 Å². The van der Waals surface area contributed by atoms with Crippen molar-refractivity contribution in [3.63, 3.8) is 0 Å². The van der Waals surface area contributed by atoms with E-state index in [2.05, 4.69) is 16.7 Å². The smallest absolute Gasteiger partial charge is 0.231 e. The lowest BCUT2D eigenvalue weighted by Gasteiger charge is -2.20. The summed E-state index contributed by atoms with van der Waals surface area (Å²) < 4.78 is 27.4. The molecular formula is C27H33NO6. The second kappa shape index (κ2) is 10.9. The molecule has 1 aliphatic carbocycles. The maximum absolute atomic E-state index is 11.1. The van der Waals surface area contributed by atoms with Crippen LogP contribution in [0.5, 0.6) is 28.7 Å². The molecule has 1 aliphatic heterocycles. The van der Waals surface area contributed by atoms with Crippen molar-refractivity contribution < 1.29 is 28.8 Å². The predicted octanol–water partition coefficient (Wildman–Crippen LogP) is 3.45. The van der Waals surface area contributed by atoms with Gasteiger partial charge in [0.1, 0.15) is 11.4 Å². The summed E-state index contributed by atoms with van der Waals surface area (Å²) in [6.45, 7) is 2.31. The van der Waals surface area contributed by atoms with E-state index in [1.54, 1.807) is 14.2 Å². The van der Waals surface area contributed by atoms with Crippen LogP contribution < -0.4 is 23.7 Å². The number of aliphatic hydroxyl groups is 1. The van der Waals surface area contributed by atoms with E-state index in [1.165, 1.54) is 11.1 Å². The zero-order valence-electron chi connectivity index (χ0n) is 20.2. The quantitative estimate of drug-likeness (QED) is 0.362. The summed E-state index contributed by atoms with van der Waals surface area (Å²) in [4.78, 5) is 2.14. The largest absolute Gasteiger partial charge is 0.493 e. The van der Waals surface area contributed by atoms with Gasteiger partial charge in [-0.15, -0.1) is 0 Å². The van der Waals surface area contributed by atoms with E-state index in [0.29, 0.717) is 26.0 Å². The van der Waals surface area contributed by atoms with Crippen LogP contribution in [0.2, 0.25) is 0 Å². The lowest BCUT2D eigenvalue weighted by atomic mass is 9.94. The van der Waals surface area contributed by atoms with Crippen molar-refractivity contribution in [2.75, 3.05) is 47.8 Å². The number of aryl methyl sites for hydroxylation is 2. The molecule has 2 aliphatic rings. The van der Waals surface area contributed by atoms with Crippen LogP contribution in [0.4, 0.5) is 0 Å². The molecule has 1 heterocycles. The van der Waals surface area contributed by atoms with Crippen LogP contribution >= 0.6 is 0 Å². The number of nitrogens with zero attached hydrogens (tertiary/aromatic N) is 1. The van der Waals surface area contributed by atoms with Crippen molar-refractivity contribution in [1.29, 1.82) is 0 Å². The Morgan fingerprint density at radius 3 is 2.35 bits per heavy atom. The molecule has 0 aromatic heterocycles. The van der Waals surface area contributed by atoms with Crippen LogP contribution in [-0.2, 0) is 12.8 Å². The molecule has 0 fully saturated rings. The molecule has 0 saturated carbocycles. The van der Waals surface area contributed by atoms with Crippen LogP contribution in [0, 0.1) is 11.8 Å². The minimum absolute atomic E-state index is 0.260. The SMILES string of the molecule is COc1cc2c(cc1OC)CCC(O)(C#CCN(C)CCCOc1ccc3c(c1)OCO3)CC2. The van der Waals surface area contributed by atoms with Gasteiger partial charge in [-0.2, -0.15) is 0 Å². The van der Waals surface area contributed by atoms with Crippen molar-refractivity contribution in [2.45, 2.75) is 37.7 Å². The van der Waals surface area contributed by atoms with E-state index in [-0.39, 0.29) is 6.79 Å². The van der Waals surface area contributed by atoms with E-state index < -0.39 is 5.60 Å². The predicted molar refractivity (Wildman–Crippen MR) is 129 cm³/mol. The first kappa shape index (κ1) is 24.1. The van der Waals surface area contributed by atoms with Gasteiger partial charge in [0, 0.05) is 12.6 Å². The molecule has 0 amide bonds. The van der Waals surface area contributed by atoms with Crippen LogP contribution in [-0.4, -0.2) is 63.4 Å². The number of benzene rings is 2. The van der Waals surface area contributed by atoms with Crippen molar-refractivity contribution in [3.8, 4) is 40.6 Å². The lowest BCUT2D eigenvalue weighted by molar-refractivity contribution is 0.0856. The molecule has 2 aromatic carbocycles. The van der Waals surface area contributed by atoms with Gasteiger partial charge in [-0.05, 0) is 74.5 Å². The van der Waals surface area contributed by atoms with E-state index in [1.807, 2.05) is 37.4 Å². The molecule has 1 N–H and O–H groups in total. The Morgan fingerprint density at radius 1 is 1.00 bits per heavy atom. The molecular weight excluding hydrogens is 434 g/mol. The lowest BCUT2D eigenvalue weighted by Crippen LogP contribution is -2.27. The number of rotatable bonds is 8. The maximum Gasteiger partial charge on any atom is 0.231 e. The van der Waals surface area contributed by atoms with Crippen LogP contribution in [0.1, 0.15) is 30.4 Å². The zero-order valence-corrected chi connectivity index (χ0v) is 20.2. The fourth-order valence-electron chi connectivity index (χ4n) is 4.27. The molecule has 0 spiro atoms. The molecule has 0 radical (unpaired) electrons. The molecule has 182 valence electrons. The third kappa shape index (κ3) is 5.88. The molecule has 4 rings (SSSR count). The normalized spacial score (nSPS) is 15.7. The van der Waals surface area contributed by atoms with E-state index in [4.69, 9.17) is 23.7 Å². The molecule has 34 heavy (non-hydrogen) atoms. The zero-order chi connectivity index (χ0) is 24.0. The van der Waals surface area contributed by atoms with Crippen molar-refractivity contribution in [1.82, 2.24) is 4.90 Å². The summed E-state index contributed by atoms with van der Waals surface area (Å²) >= 11 is 0. The minimum Gasteiger partial charge on any atom is -0.493 e. The van der Waals surface area contributed by atoms with Crippen molar-refractivity contribution >= 4 is 0 Å². The van der Waals surface area contributed by atoms with Gasteiger partial charge in [0.05, 0.1) is 27.4 Å². The Labute approximate surface area is 201 Å². The highest BCUT2D eigenvalue weighted by Gasteiger charge is 2.28. The second-order valence-electron chi connectivity index (χ2n) is 8.76. The van der Waals surface area contributed by atoms with Gasteiger partial charge >= 0.3 is 0 Å². The summed E-state index contributed by atoms with van der Waals surface area (Å²) in [5.41, 5.74) is 1.40. The highest BCUT2D eigenvalue weighted by Crippen LogP contribution is 2.36. The summed E-state index contributed by atoms with van der Waals surface area (Å²) in [7, 11) is 5.31. The second-order valence-corrected chi connectivity index (χ2v) is 8.76. The average Bonchev–Trinajstić information content (AvgIpc) is 3.25. The number of hydrogen-bond acceptors (Lipinski definition) is 7.